The molecule has 0 spiro atoms. The average Bonchev–Trinajstić information content (AvgIpc) is 2.78. The number of hydrogen-bond acceptors (Lipinski definition) is 3. The van der Waals surface area contributed by atoms with Gasteiger partial charge >= 0.3 is 0 Å². The molecule has 0 aliphatic carbocycles. The summed E-state index contributed by atoms with van der Waals surface area (Å²) in [6, 6.07) is 8.37. The van der Waals surface area contributed by atoms with E-state index in [1.807, 2.05) is 0 Å². The monoisotopic (exact) mass is 339 g/mol. The predicted molar refractivity (Wildman–Crippen MR) is 85.1 cm³/mol. The van der Waals surface area contributed by atoms with Crippen molar-refractivity contribution in [3.63, 3.8) is 0 Å². The lowest BCUT2D eigenvalue weighted by Gasteiger charge is -2.12. The largest absolute Gasteiger partial charge is 0.492 e. The second-order valence-corrected chi connectivity index (χ2v) is 6.39. The zero-order valence-corrected chi connectivity index (χ0v) is 13.6. The van der Waals surface area contributed by atoms with Crippen molar-refractivity contribution in [1.82, 2.24) is 5.32 Å². The van der Waals surface area contributed by atoms with E-state index in [0.717, 1.165) is 23.3 Å². The number of rotatable bonds is 6. The molecule has 2 aromatic rings. The number of aryl methyl sites for hydroxylation is 2. The van der Waals surface area contributed by atoms with E-state index in [1.54, 1.807) is 11.3 Å². The summed E-state index contributed by atoms with van der Waals surface area (Å²) in [6.07, 6.45) is 0. The fraction of sp³-hybridized carbons (Fsp3) is 0.333. The van der Waals surface area contributed by atoms with Crippen LogP contribution < -0.4 is 10.1 Å². The Morgan fingerprint density at radius 2 is 2.00 bits per heavy atom. The van der Waals surface area contributed by atoms with Crippen LogP contribution in [0.4, 0.5) is 0 Å². The van der Waals surface area contributed by atoms with Gasteiger partial charge in [0.2, 0.25) is 0 Å². The van der Waals surface area contributed by atoms with E-state index in [-0.39, 0.29) is 0 Å². The number of para-hydroxylation sites is 1. The summed E-state index contributed by atoms with van der Waals surface area (Å²) in [5.41, 5.74) is 2.39. The minimum absolute atomic E-state index is 0.693. The van der Waals surface area contributed by atoms with Gasteiger partial charge in [-0.25, -0.2) is 0 Å². The van der Waals surface area contributed by atoms with E-state index in [0.29, 0.717) is 6.61 Å². The van der Waals surface area contributed by atoms with Gasteiger partial charge in [-0.1, -0.05) is 18.2 Å². The maximum atomic E-state index is 5.84. The van der Waals surface area contributed by atoms with Crippen molar-refractivity contribution in [3.05, 3.63) is 50.1 Å². The van der Waals surface area contributed by atoms with Crippen molar-refractivity contribution in [2.24, 2.45) is 0 Å². The molecule has 1 N–H and O–H groups in total. The van der Waals surface area contributed by atoms with Crippen molar-refractivity contribution in [3.8, 4) is 5.75 Å². The fourth-order valence-electron chi connectivity index (χ4n) is 1.91. The standard InChI is InChI=1S/C15H18BrNOS/c1-11-4-3-5-12(2)15(11)18-7-6-17-9-14-8-13(16)10-19-14/h3-5,8,10,17H,6-7,9H2,1-2H3. The average molecular weight is 340 g/mol. The molecule has 1 aromatic heterocycles. The highest BCUT2D eigenvalue weighted by atomic mass is 79.9. The van der Waals surface area contributed by atoms with Crippen molar-refractivity contribution < 1.29 is 4.74 Å². The summed E-state index contributed by atoms with van der Waals surface area (Å²) in [4.78, 5) is 1.33. The van der Waals surface area contributed by atoms with Gasteiger partial charge in [0.25, 0.3) is 0 Å². The maximum Gasteiger partial charge on any atom is 0.125 e. The van der Waals surface area contributed by atoms with Crippen LogP contribution in [0.5, 0.6) is 5.75 Å². The van der Waals surface area contributed by atoms with Crippen molar-refractivity contribution in [2.75, 3.05) is 13.2 Å². The van der Waals surface area contributed by atoms with Gasteiger partial charge in [-0.05, 0) is 47.0 Å². The molecule has 0 atom stereocenters. The second-order valence-electron chi connectivity index (χ2n) is 4.48. The number of ether oxygens (including phenoxy) is 1. The van der Waals surface area contributed by atoms with Crippen LogP contribution in [-0.4, -0.2) is 13.2 Å². The Kier molecular flexibility index (Phi) is 5.43. The molecule has 19 heavy (non-hydrogen) atoms. The summed E-state index contributed by atoms with van der Waals surface area (Å²) in [6.45, 7) is 6.60. The van der Waals surface area contributed by atoms with Crippen molar-refractivity contribution in [2.45, 2.75) is 20.4 Å². The molecule has 0 radical (unpaired) electrons. The number of thiophene rings is 1. The highest BCUT2D eigenvalue weighted by Gasteiger charge is 2.02. The molecule has 0 saturated carbocycles. The quantitative estimate of drug-likeness (QED) is 0.792. The maximum absolute atomic E-state index is 5.84. The molecular weight excluding hydrogens is 322 g/mol. The molecule has 0 saturated heterocycles. The van der Waals surface area contributed by atoms with Gasteiger partial charge in [0.1, 0.15) is 12.4 Å². The second kappa shape index (κ2) is 7.08. The lowest BCUT2D eigenvalue weighted by atomic mass is 10.1. The Labute approximate surface area is 126 Å². The summed E-state index contributed by atoms with van der Waals surface area (Å²) < 4.78 is 7.00. The third-order valence-electron chi connectivity index (χ3n) is 2.85. The van der Waals surface area contributed by atoms with Gasteiger partial charge in [-0.3, -0.25) is 0 Å². The first-order chi connectivity index (χ1) is 9.16. The van der Waals surface area contributed by atoms with Gasteiger partial charge in [-0.15, -0.1) is 11.3 Å². The van der Waals surface area contributed by atoms with Crippen molar-refractivity contribution >= 4 is 27.3 Å². The molecule has 2 rings (SSSR count). The molecule has 1 heterocycles. The van der Waals surface area contributed by atoms with E-state index in [9.17, 15) is 0 Å². The molecule has 0 amide bonds. The molecule has 0 fully saturated rings. The normalized spacial score (nSPS) is 10.7. The van der Waals surface area contributed by atoms with E-state index < -0.39 is 0 Å². The van der Waals surface area contributed by atoms with E-state index >= 15 is 0 Å². The lowest BCUT2D eigenvalue weighted by Crippen LogP contribution is -2.20. The molecule has 0 unspecified atom stereocenters. The summed E-state index contributed by atoms with van der Waals surface area (Å²) in [5, 5.41) is 5.49. The van der Waals surface area contributed by atoms with Gasteiger partial charge < -0.3 is 10.1 Å². The summed E-state index contributed by atoms with van der Waals surface area (Å²) in [5.74, 6) is 1.02. The van der Waals surface area contributed by atoms with Gasteiger partial charge in [-0.2, -0.15) is 0 Å². The molecule has 0 bridgehead atoms. The number of halogens is 1. The Balaban J connectivity index is 1.72. The van der Waals surface area contributed by atoms with Crippen LogP contribution in [0.3, 0.4) is 0 Å². The van der Waals surface area contributed by atoms with E-state index in [2.05, 4.69) is 64.7 Å². The smallest absolute Gasteiger partial charge is 0.125 e. The fourth-order valence-corrected chi connectivity index (χ4v) is 3.33. The van der Waals surface area contributed by atoms with Crippen LogP contribution in [0.25, 0.3) is 0 Å². The number of nitrogens with one attached hydrogen (secondary N) is 1. The lowest BCUT2D eigenvalue weighted by molar-refractivity contribution is 0.310. The van der Waals surface area contributed by atoms with Crippen LogP contribution in [0.2, 0.25) is 0 Å². The zero-order valence-electron chi connectivity index (χ0n) is 11.2. The van der Waals surface area contributed by atoms with Gasteiger partial charge in [0.15, 0.2) is 0 Å². The van der Waals surface area contributed by atoms with Crippen LogP contribution >= 0.6 is 27.3 Å². The third kappa shape index (κ3) is 4.34. The number of hydrogen-bond donors (Lipinski definition) is 1. The molecular formula is C15H18BrNOS. The molecule has 0 aliphatic heterocycles. The minimum atomic E-state index is 0.693. The topological polar surface area (TPSA) is 21.3 Å². The molecule has 102 valence electrons. The first kappa shape index (κ1) is 14.6. The van der Waals surface area contributed by atoms with Gasteiger partial charge in [0.05, 0.1) is 0 Å². The van der Waals surface area contributed by atoms with Crippen LogP contribution in [0.15, 0.2) is 34.1 Å². The predicted octanol–water partition coefficient (Wildman–Crippen LogP) is 4.30. The van der Waals surface area contributed by atoms with Crippen LogP contribution in [0.1, 0.15) is 16.0 Å². The van der Waals surface area contributed by atoms with Crippen LogP contribution in [0, 0.1) is 13.8 Å². The Morgan fingerprint density at radius 3 is 2.63 bits per heavy atom. The summed E-state index contributed by atoms with van der Waals surface area (Å²) >= 11 is 5.22. The minimum Gasteiger partial charge on any atom is -0.492 e. The first-order valence-electron chi connectivity index (χ1n) is 6.29. The molecule has 4 heteroatoms. The SMILES string of the molecule is Cc1cccc(C)c1OCCNCc1cc(Br)cs1. The highest BCUT2D eigenvalue weighted by Crippen LogP contribution is 2.22. The Morgan fingerprint density at radius 1 is 1.26 bits per heavy atom. The molecule has 0 aliphatic rings. The van der Waals surface area contributed by atoms with E-state index in [4.69, 9.17) is 4.74 Å². The first-order valence-corrected chi connectivity index (χ1v) is 7.96. The third-order valence-corrected chi connectivity index (χ3v) is 4.55. The Bertz CT molecular complexity index is 518. The number of benzene rings is 1. The highest BCUT2D eigenvalue weighted by molar-refractivity contribution is 9.10. The zero-order chi connectivity index (χ0) is 13.7. The molecule has 1 aromatic carbocycles. The van der Waals surface area contributed by atoms with Gasteiger partial charge in [0, 0.05) is 27.8 Å². The molecule has 2 nitrogen and oxygen atoms in total. The van der Waals surface area contributed by atoms with Crippen molar-refractivity contribution in [1.29, 1.82) is 0 Å². The van der Waals surface area contributed by atoms with E-state index in [1.165, 1.54) is 16.0 Å². The summed E-state index contributed by atoms with van der Waals surface area (Å²) in [7, 11) is 0. The van der Waals surface area contributed by atoms with Crippen LogP contribution in [-0.2, 0) is 6.54 Å². The Hall–Kier alpha value is -0.840.